The molecule has 1 aliphatic heterocycles. The molecule has 4 atom stereocenters. The van der Waals surface area contributed by atoms with Gasteiger partial charge < -0.3 is 10.5 Å². The minimum absolute atomic E-state index is 0.303. The molecule has 4 nitrogen and oxygen atoms in total. The van der Waals surface area contributed by atoms with Gasteiger partial charge in [0.15, 0.2) is 0 Å². The molecule has 0 aliphatic carbocycles. The van der Waals surface area contributed by atoms with Crippen LogP contribution in [0.15, 0.2) is 0 Å². The van der Waals surface area contributed by atoms with Crippen molar-refractivity contribution in [1.29, 1.82) is 0 Å². The average molecular weight is 256 g/mol. The lowest BCUT2D eigenvalue weighted by molar-refractivity contribution is -0.147. The molecular formula is C14H28N2O2. The van der Waals surface area contributed by atoms with E-state index in [0.29, 0.717) is 24.4 Å². The van der Waals surface area contributed by atoms with E-state index < -0.39 is 5.54 Å². The normalized spacial score (nSPS) is 30.6. The quantitative estimate of drug-likeness (QED) is 0.779. The maximum absolute atomic E-state index is 11.6. The van der Waals surface area contributed by atoms with Gasteiger partial charge in [0.2, 0.25) is 0 Å². The van der Waals surface area contributed by atoms with Gasteiger partial charge in [-0.2, -0.15) is 0 Å². The zero-order chi connectivity index (χ0) is 13.9. The van der Waals surface area contributed by atoms with Gasteiger partial charge in [0.1, 0.15) is 5.54 Å². The lowest BCUT2D eigenvalue weighted by Gasteiger charge is -2.43. The summed E-state index contributed by atoms with van der Waals surface area (Å²) in [5.41, 5.74) is 5.16. The van der Waals surface area contributed by atoms with Crippen molar-refractivity contribution in [3.05, 3.63) is 0 Å². The third-order valence-corrected chi connectivity index (χ3v) is 4.36. The van der Waals surface area contributed by atoms with Crippen LogP contribution in [0.5, 0.6) is 0 Å². The number of nitrogens with zero attached hydrogens (tertiary/aromatic N) is 1. The fourth-order valence-electron chi connectivity index (χ4n) is 3.04. The van der Waals surface area contributed by atoms with Crippen molar-refractivity contribution in [2.24, 2.45) is 11.7 Å². The molecule has 2 N–H and O–H groups in total. The summed E-state index contributed by atoms with van der Waals surface area (Å²) in [6, 6.07) is 0.860. The number of hydrogen-bond donors (Lipinski definition) is 1. The fourth-order valence-corrected chi connectivity index (χ4v) is 3.04. The zero-order valence-corrected chi connectivity index (χ0v) is 12.4. The molecular weight excluding hydrogens is 228 g/mol. The molecule has 1 heterocycles. The first-order valence-electron chi connectivity index (χ1n) is 6.92. The zero-order valence-electron chi connectivity index (χ0n) is 12.4. The Kier molecular flexibility index (Phi) is 5.17. The molecule has 1 rings (SSSR count). The Morgan fingerprint density at radius 1 is 1.56 bits per heavy atom. The first kappa shape index (κ1) is 15.4. The molecule has 0 bridgehead atoms. The number of ether oxygens (including phenoxy) is 1. The number of carbonyl (C=O) groups excluding carboxylic acids is 1. The summed E-state index contributed by atoms with van der Waals surface area (Å²) in [7, 11) is 1.39. The van der Waals surface area contributed by atoms with E-state index in [1.807, 2.05) is 0 Å². The second-order valence-electron chi connectivity index (χ2n) is 6.06. The molecule has 0 radical (unpaired) electrons. The number of rotatable bonds is 4. The number of methoxy groups -OCH3 is 1. The molecule has 0 aromatic carbocycles. The summed E-state index contributed by atoms with van der Waals surface area (Å²) in [4.78, 5) is 14.1. The summed E-state index contributed by atoms with van der Waals surface area (Å²) in [6.07, 6.45) is 3.16. The lowest BCUT2D eigenvalue weighted by atomic mass is 9.87. The molecule has 4 unspecified atom stereocenters. The van der Waals surface area contributed by atoms with Crippen LogP contribution in [0.3, 0.4) is 0 Å². The highest BCUT2D eigenvalue weighted by molar-refractivity contribution is 5.79. The van der Waals surface area contributed by atoms with Crippen LogP contribution in [0, 0.1) is 5.92 Å². The molecule has 18 heavy (non-hydrogen) atoms. The maximum Gasteiger partial charge on any atom is 0.325 e. The van der Waals surface area contributed by atoms with Crippen molar-refractivity contribution < 1.29 is 9.53 Å². The monoisotopic (exact) mass is 256 g/mol. The van der Waals surface area contributed by atoms with E-state index in [1.54, 1.807) is 6.92 Å². The third-order valence-electron chi connectivity index (χ3n) is 4.36. The lowest BCUT2D eigenvalue weighted by Crippen LogP contribution is -2.54. The number of likely N-dealkylation sites (tertiary alicyclic amines) is 1. The molecule has 0 spiro atoms. The Morgan fingerprint density at radius 3 is 2.72 bits per heavy atom. The van der Waals surface area contributed by atoms with Gasteiger partial charge in [-0.1, -0.05) is 6.92 Å². The Bertz CT molecular complexity index is 292. The summed E-state index contributed by atoms with van der Waals surface area (Å²) in [5.74, 6) is 0.385. The van der Waals surface area contributed by atoms with Crippen LogP contribution in [-0.4, -0.2) is 42.1 Å². The van der Waals surface area contributed by atoms with E-state index in [2.05, 4.69) is 25.7 Å². The van der Waals surface area contributed by atoms with Crippen LogP contribution < -0.4 is 5.73 Å². The smallest absolute Gasteiger partial charge is 0.325 e. The van der Waals surface area contributed by atoms with E-state index in [9.17, 15) is 4.79 Å². The molecule has 0 amide bonds. The Morgan fingerprint density at radius 2 is 2.17 bits per heavy atom. The van der Waals surface area contributed by atoms with Gasteiger partial charge in [-0.25, -0.2) is 0 Å². The predicted molar refractivity (Wildman–Crippen MR) is 73.3 cm³/mol. The molecule has 1 aliphatic rings. The van der Waals surface area contributed by atoms with Gasteiger partial charge in [0.25, 0.3) is 0 Å². The first-order chi connectivity index (χ1) is 8.29. The van der Waals surface area contributed by atoms with Gasteiger partial charge in [-0.15, -0.1) is 0 Å². The van der Waals surface area contributed by atoms with Crippen LogP contribution in [0.1, 0.15) is 47.0 Å². The second-order valence-corrected chi connectivity index (χ2v) is 6.06. The van der Waals surface area contributed by atoms with E-state index in [0.717, 1.165) is 6.54 Å². The molecule has 0 saturated carbocycles. The Labute approximate surface area is 111 Å². The minimum atomic E-state index is -0.894. The van der Waals surface area contributed by atoms with Crippen LogP contribution in [0.4, 0.5) is 0 Å². The van der Waals surface area contributed by atoms with Crippen LogP contribution in [0.25, 0.3) is 0 Å². The molecule has 1 fully saturated rings. The maximum atomic E-state index is 11.6. The molecule has 0 aromatic rings. The fraction of sp³-hybridized carbons (Fsp3) is 0.929. The summed E-state index contributed by atoms with van der Waals surface area (Å²) in [6.45, 7) is 9.58. The van der Waals surface area contributed by atoms with E-state index in [1.165, 1.54) is 20.0 Å². The van der Waals surface area contributed by atoms with Crippen LogP contribution in [-0.2, 0) is 9.53 Å². The predicted octanol–water partition coefficient (Wildman–Crippen LogP) is 1.78. The Hall–Kier alpha value is -0.610. The summed E-state index contributed by atoms with van der Waals surface area (Å²) >= 11 is 0. The SMILES string of the molecule is COC(=O)C(C)(N)CC(C)N1CCCC(C)C1C. The largest absolute Gasteiger partial charge is 0.468 e. The number of carbonyl (C=O) groups is 1. The van der Waals surface area contributed by atoms with E-state index >= 15 is 0 Å². The van der Waals surface area contributed by atoms with Crippen molar-refractivity contribution in [2.45, 2.75) is 64.6 Å². The molecule has 106 valence electrons. The van der Waals surface area contributed by atoms with E-state index in [-0.39, 0.29) is 5.97 Å². The van der Waals surface area contributed by atoms with Gasteiger partial charge in [0.05, 0.1) is 7.11 Å². The number of piperidine rings is 1. The van der Waals surface area contributed by atoms with Crippen molar-refractivity contribution in [3.8, 4) is 0 Å². The van der Waals surface area contributed by atoms with Gasteiger partial charge in [-0.3, -0.25) is 9.69 Å². The number of esters is 1. The topological polar surface area (TPSA) is 55.6 Å². The van der Waals surface area contributed by atoms with Crippen molar-refractivity contribution >= 4 is 5.97 Å². The summed E-state index contributed by atoms with van der Waals surface area (Å²) < 4.78 is 4.77. The van der Waals surface area contributed by atoms with Crippen molar-refractivity contribution in [2.75, 3.05) is 13.7 Å². The van der Waals surface area contributed by atoms with Crippen molar-refractivity contribution in [3.63, 3.8) is 0 Å². The third kappa shape index (κ3) is 3.45. The molecule has 4 heteroatoms. The van der Waals surface area contributed by atoms with Gasteiger partial charge in [0, 0.05) is 12.1 Å². The van der Waals surface area contributed by atoms with Gasteiger partial charge in [-0.05, 0) is 52.5 Å². The number of nitrogens with two attached hydrogens (primary N) is 1. The average Bonchev–Trinajstić information content (AvgIpc) is 2.30. The van der Waals surface area contributed by atoms with Crippen molar-refractivity contribution in [1.82, 2.24) is 4.90 Å². The van der Waals surface area contributed by atoms with Crippen LogP contribution in [0.2, 0.25) is 0 Å². The number of hydrogen-bond acceptors (Lipinski definition) is 4. The minimum Gasteiger partial charge on any atom is -0.468 e. The highest BCUT2D eigenvalue weighted by atomic mass is 16.5. The molecule has 1 saturated heterocycles. The first-order valence-corrected chi connectivity index (χ1v) is 6.92. The second kappa shape index (κ2) is 6.02. The molecule has 0 aromatic heterocycles. The standard InChI is InChI=1S/C14H28N2O2/c1-10-7-6-8-16(12(10)3)11(2)9-14(4,15)13(17)18-5/h10-12H,6-9,15H2,1-5H3. The highest BCUT2D eigenvalue weighted by Gasteiger charge is 2.36. The summed E-state index contributed by atoms with van der Waals surface area (Å²) in [5, 5.41) is 0. The highest BCUT2D eigenvalue weighted by Crippen LogP contribution is 2.27. The van der Waals surface area contributed by atoms with Gasteiger partial charge >= 0.3 is 5.97 Å². The van der Waals surface area contributed by atoms with Crippen LogP contribution >= 0.6 is 0 Å². The Balaban J connectivity index is 2.64. The van der Waals surface area contributed by atoms with E-state index in [4.69, 9.17) is 10.5 Å².